The van der Waals surface area contributed by atoms with E-state index in [1.807, 2.05) is 18.2 Å². The molecule has 1 unspecified atom stereocenters. The number of ether oxygens (including phenoxy) is 3. The van der Waals surface area contributed by atoms with E-state index in [1.54, 1.807) is 19.2 Å². The highest BCUT2D eigenvalue weighted by molar-refractivity contribution is 6.22. The van der Waals surface area contributed by atoms with Gasteiger partial charge >= 0.3 is 0 Å². The minimum Gasteiger partial charge on any atom is -0.486 e. The Balaban J connectivity index is 1.34. The van der Waals surface area contributed by atoms with Crippen molar-refractivity contribution in [2.75, 3.05) is 33.5 Å². The molecule has 3 amide bonds. The highest BCUT2D eigenvalue weighted by atomic mass is 16.6. The molecule has 5 rings (SSSR count). The molecule has 2 aromatic carbocycles. The summed E-state index contributed by atoms with van der Waals surface area (Å²) >= 11 is 0. The van der Waals surface area contributed by atoms with Gasteiger partial charge in [-0.15, -0.1) is 0 Å². The van der Waals surface area contributed by atoms with E-state index in [1.165, 1.54) is 11.0 Å². The summed E-state index contributed by atoms with van der Waals surface area (Å²) in [6, 6.07) is 10.3. The van der Waals surface area contributed by atoms with Gasteiger partial charge < -0.3 is 19.5 Å². The van der Waals surface area contributed by atoms with Crippen LogP contribution in [0.5, 0.6) is 11.5 Å². The van der Waals surface area contributed by atoms with Crippen molar-refractivity contribution in [3.63, 3.8) is 0 Å². The Morgan fingerprint density at radius 1 is 1.06 bits per heavy atom. The van der Waals surface area contributed by atoms with Gasteiger partial charge in [0.05, 0.1) is 17.2 Å². The SMILES string of the molecule is COCCCN1C(=O)c2ccc(C(=O)NC(c3ccc4c(c3)OCCO4)C3CC3)cc2C1=O. The molecular formula is C25H26N2O6. The summed E-state index contributed by atoms with van der Waals surface area (Å²) < 4.78 is 16.3. The minimum atomic E-state index is -0.369. The largest absolute Gasteiger partial charge is 0.486 e. The first-order valence-corrected chi connectivity index (χ1v) is 11.3. The molecular weight excluding hydrogens is 424 g/mol. The summed E-state index contributed by atoms with van der Waals surface area (Å²) in [6.45, 7) is 1.78. The fraction of sp³-hybridized carbons (Fsp3) is 0.400. The van der Waals surface area contributed by atoms with Crippen LogP contribution in [0.1, 0.15) is 61.9 Å². The zero-order valence-corrected chi connectivity index (χ0v) is 18.5. The number of nitrogens with zero attached hydrogens (tertiary/aromatic N) is 1. The summed E-state index contributed by atoms with van der Waals surface area (Å²) in [5, 5.41) is 3.13. The number of imide groups is 1. The van der Waals surface area contributed by atoms with Gasteiger partial charge in [-0.1, -0.05) is 6.07 Å². The summed E-state index contributed by atoms with van der Waals surface area (Å²) in [6.07, 6.45) is 2.63. The maximum absolute atomic E-state index is 13.1. The van der Waals surface area contributed by atoms with Crippen LogP contribution in [-0.2, 0) is 4.74 Å². The van der Waals surface area contributed by atoms with E-state index in [9.17, 15) is 14.4 Å². The van der Waals surface area contributed by atoms with E-state index in [2.05, 4.69) is 5.32 Å². The van der Waals surface area contributed by atoms with Crippen LogP contribution in [-0.4, -0.2) is 56.1 Å². The van der Waals surface area contributed by atoms with Crippen LogP contribution in [0.3, 0.4) is 0 Å². The molecule has 0 spiro atoms. The second kappa shape index (κ2) is 8.86. The molecule has 8 nitrogen and oxygen atoms in total. The Labute approximate surface area is 191 Å². The minimum absolute atomic E-state index is 0.163. The summed E-state index contributed by atoms with van der Waals surface area (Å²) in [7, 11) is 1.58. The number of methoxy groups -OCH3 is 1. The van der Waals surface area contributed by atoms with Crippen LogP contribution in [0.4, 0.5) is 0 Å². The molecule has 0 aromatic heterocycles. The van der Waals surface area contributed by atoms with Gasteiger partial charge in [-0.2, -0.15) is 0 Å². The topological polar surface area (TPSA) is 94.2 Å². The zero-order valence-electron chi connectivity index (χ0n) is 18.5. The summed E-state index contributed by atoms with van der Waals surface area (Å²) in [5.74, 6) is 0.779. The third-order valence-corrected chi connectivity index (χ3v) is 6.27. The van der Waals surface area contributed by atoms with Crippen LogP contribution in [0.2, 0.25) is 0 Å². The molecule has 3 aliphatic rings. The molecule has 2 aliphatic heterocycles. The number of hydrogen-bond donors (Lipinski definition) is 1. The van der Waals surface area contributed by atoms with E-state index >= 15 is 0 Å². The molecule has 33 heavy (non-hydrogen) atoms. The molecule has 1 atom stereocenters. The standard InChI is InChI=1S/C25H26N2O6/c1-31-10-2-9-27-24(29)18-7-5-17(13-19(18)25(27)30)23(28)26-22(15-3-4-15)16-6-8-20-21(14-16)33-12-11-32-20/h5-8,13-15,22H,2-4,9-12H2,1H3,(H,26,28). The van der Waals surface area contributed by atoms with Crippen molar-refractivity contribution in [1.29, 1.82) is 0 Å². The van der Waals surface area contributed by atoms with Gasteiger partial charge in [0.2, 0.25) is 0 Å². The van der Waals surface area contributed by atoms with Crippen molar-refractivity contribution in [3.8, 4) is 11.5 Å². The quantitative estimate of drug-likeness (QED) is 0.491. The van der Waals surface area contributed by atoms with E-state index in [-0.39, 0.29) is 35.9 Å². The number of carbonyl (C=O) groups is 3. The number of rotatable bonds is 8. The van der Waals surface area contributed by atoms with E-state index in [0.29, 0.717) is 54.8 Å². The molecule has 0 saturated heterocycles. The number of carbonyl (C=O) groups excluding carboxylic acids is 3. The average Bonchev–Trinajstić information content (AvgIpc) is 3.65. The molecule has 1 N–H and O–H groups in total. The van der Waals surface area contributed by atoms with E-state index < -0.39 is 0 Å². The fourth-order valence-corrected chi connectivity index (χ4v) is 4.38. The Morgan fingerprint density at radius 3 is 2.58 bits per heavy atom. The lowest BCUT2D eigenvalue weighted by Gasteiger charge is -2.23. The monoisotopic (exact) mass is 450 g/mol. The Kier molecular flexibility index (Phi) is 5.76. The Morgan fingerprint density at radius 2 is 1.82 bits per heavy atom. The predicted molar refractivity (Wildman–Crippen MR) is 119 cm³/mol. The smallest absolute Gasteiger partial charge is 0.261 e. The molecule has 0 bridgehead atoms. The molecule has 172 valence electrons. The molecule has 2 aromatic rings. The van der Waals surface area contributed by atoms with Gasteiger partial charge in [0, 0.05) is 25.8 Å². The number of benzene rings is 2. The molecule has 0 radical (unpaired) electrons. The molecule has 1 saturated carbocycles. The third-order valence-electron chi connectivity index (χ3n) is 6.27. The van der Waals surface area contributed by atoms with Crippen molar-refractivity contribution in [2.45, 2.75) is 25.3 Å². The molecule has 2 heterocycles. The number of amides is 3. The first kappa shape index (κ1) is 21.5. The summed E-state index contributed by atoms with van der Waals surface area (Å²) in [4.78, 5) is 39.7. The van der Waals surface area contributed by atoms with E-state index in [0.717, 1.165) is 18.4 Å². The highest BCUT2D eigenvalue weighted by Gasteiger charge is 2.37. The maximum atomic E-state index is 13.1. The van der Waals surface area contributed by atoms with Crippen LogP contribution in [0.15, 0.2) is 36.4 Å². The zero-order chi connectivity index (χ0) is 22.9. The highest BCUT2D eigenvalue weighted by Crippen LogP contribution is 2.43. The third kappa shape index (κ3) is 4.18. The second-order valence-corrected chi connectivity index (χ2v) is 8.56. The maximum Gasteiger partial charge on any atom is 0.261 e. The Hall–Kier alpha value is -3.39. The normalized spacial score (nSPS) is 17.7. The lowest BCUT2D eigenvalue weighted by molar-refractivity contribution is 0.0638. The first-order chi connectivity index (χ1) is 16.1. The fourth-order valence-electron chi connectivity index (χ4n) is 4.38. The molecule has 1 fully saturated rings. The van der Waals surface area contributed by atoms with Crippen LogP contribution in [0, 0.1) is 5.92 Å². The van der Waals surface area contributed by atoms with Gasteiger partial charge in [-0.05, 0) is 61.1 Å². The molecule has 8 heteroatoms. The molecule has 1 aliphatic carbocycles. The summed E-state index contributed by atoms with van der Waals surface area (Å²) in [5.41, 5.74) is 1.93. The average molecular weight is 450 g/mol. The van der Waals surface area contributed by atoms with Crippen molar-refractivity contribution in [3.05, 3.63) is 58.7 Å². The van der Waals surface area contributed by atoms with Crippen molar-refractivity contribution in [1.82, 2.24) is 10.2 Å². The van der Waals surface area contributed by atoms with E-state index in [4.69, 9.17) is 14.2 Å². The Bertz CT molecular complexity index is 1110. The lowest BCUT2D eigenvalue weighted by atomic mass is 10.00. The van der Waals surface area contributed by atoms with Crippen molar-refractivity contribution >= 4 is 17.7 Å². The number of nitrogens with one attached hydrogen (secondary N) is 1. The first-order valence-electron chi connectivity index (χ1n) is 11.3. The van der Waals surface area contributed by atoms with Gasteiger partial charge in [0.15, 0.2) is 11.5 Å². The van der Waals surface area contributed by atoms with Crippen LogP contribution in [0.25, 0.3) is 0 Å². The number of hydrogen-bond acceptors (Lipinski definition) is 6. The second-order valence-electron chi connectivity index (χ2n) is 8.56. The van der Waals surface area contributed by atoms with Gasteiger partial charge in [-0.25, -0.2) is 0 Å². The van der Waals surface area contributed by atoms with Crippen molar-refractivity contribution in [2.24, 2.45) is 5.92 Å². The van der Waals surface area contributed by atoms with Crippen LogP contribution < -0.4 is 14.8 Å². The van der Waals surface area contributed by atoms with Gasteiger partial charge in [-0.3, -0.25) is 19.3 Å². The van der Waals surface area contributed by atoms with Gasteiger partial charge in [0.25, 0.3) is 17.7 Å². The van der Waals surface area contributed by atoms with Crippen molar-refractivity contribution < 1.29 is 28.6 Å². The number of fused-ring (bicyclic) bond motifs is 2. The predicted octanol–water partition coefficient (Wildman–Crippen LogP) is 2.97. The lowest BCUT2D eigenvalue weighted by Crippen LogP contribution is -2.31. The van der Waals surface area contributed by atoms with Crippen LogP contribution >= 0.6 is 0 Å². The van der Waals surface area contributed by atoms with Gasteiger partial charge in [0.1, 0.15) is 13.2 Å².